The van der Waals surface area contributed by atoms with E-state index in [0.717, 1.165) is 36.1 Å². The van der Waals surface area contributed by atoms with Gasteiger partial charge < -0.3 is 15.2 Å². The first-order valence-electron chi connectivity index (χ1n) is 7.76. The lowest BCUT2D eigenvalue weighted by molar-refractivity contribution is 0.117. The summed E-state index contributed by atoms with van der Waals surface area (Å²) >= 11 is 0. The molecular weight excluding hydrogens is 264 g/mol. The Hall–Kier alpha value is -1.26. The van der Waals surface area contributed by atoms with E-state index >= 15 is 0 Å². The molecule has 1 aliphatic rings. The van der Waals surface area contributed by atoms with E-state index in [1.807, 2.05) is 18.2 Å². The summed E-state index contributed by atoms with van der Waals surface area (Å²) in [5.74, 6) is 2.41. The lowest BCUT2D eigenvalue weighted by atomic mass is 9.94. The molecule has 3 atom stereocenters. The topological polar surface area (TPSA) is 47.7 Å². The quantitative estimate of drug-likeness (QED) is 0.906. The summed E-state index contributed by atoms with van der Waals surface area (Å²) in [6.07, 6.45) is 2.57. The fourth-order valence-corrected chi connectivity index (χ4v) is 3.11. The monoisotopic (exact) mass is 292 g/mol. The highest BCUT2D eigenvalue weighted by Gasteiger charge is 2.25. The van der Waals surface area contributed by atoms with Crippen LogP contribution in [0.3, 0.4) is 0 Å². The van der Waals surface area contributed by atoms with E-state index < -0.39 is 0 Å². The maximum Gasteiger partial charge on any atom is 0.123 e. The van der Waals surface area contributed by atoms with E-state index in [9.17, 15) is 0 Å². The van der Waals surface area contributed by atoms with Gasteiger partial charge in [-0.3, -0.25) is 4.90 Å². The minimum Gasteiger partial charge on any atom is -0.497 e. The maximum atomic E-state index is 6.46. The Labute approximate surface area is 128 Å². The second-order valence-corrected chi connectivity index (χ2v) is 6.20. The van der Waals surface area contributed by atoms with E-state index in [-0.39, 0.29) is 6.04 Å². The predicted octanol–water partition coefficient (Wildman–Crippen LogP) is 2.82. The van der Waals surface area contributed by atoms with Crippen molar-refractivity contribution in [2.75, 3.05) is 27.3 Å². The number of hydrogen-bond acceptors (Lipinski definition) is 4. The van der Waals surface area contributed by atoms with Crippen LogP contribution >= 0.6 is 0 Å². The zero-order valence-electron chi connectivity index (χ0n) is 13.6. The minimum absolute atomic E-state index is 0.0669. The van der Waals surface area contributed by atoms with Crippen molar-refractivity contribution in [3.05, 3.63) is 23.8 Å². The van der Waals surface area contributed by atoms with Crippen LogP contribution in [-0.2, 0) is 0 Å². The predicted molar refractivity (Wildman–Crippen MR) is 85.9 cm³/mol. The minimum atomic E-state index is -0.0669. The molecule has 0 aromatic heterocycles. The highest BCUT2D eigenvalue weighted by atomic mass is 16.5. The Morgan fingerprint density at radius 3 is 2.67 bits per heavy atom. The fourth-order valence-electron chi connectivity index (χ4n) is 3.11. The van der Waals surface area contributed by atoms with Gasteiger partial charge in [-0.05, 0) is 43.9 Å². The van der Waals surface area contributed by atoms with Crippen molar-refractivity contribution < 1.29 is 9.47 Å². The average Bonchev–Trinajstić information content (AvgIpc) is 2.50. The Kier molecular flexibility index (Phi) is 5.48. The number of hydrogen-bond donors (Lipinski definition) is 1. The standard InChI is InChI=1S/C17H28N2O2/c1-12-5-6-13(2)19(10-12)11-16(18)15-9-14(20-3)7-8-17(15)21-4/h7-9,12-13,16H,5-6,10-11,18H2,1-4H3. The Bertz CT molecular complexity index is 464. The normalized spacial score (nSPS) is 24.6. The molecule has 1 fully saturated rings. The van der Waals surface area contributed by atoms with Crippen LogP contribution in [0.4, 0.5) is 0 Å². The third kappa shape index (κ3) is 3.89. The first-order chi connectivity index (χ1) is 10.0. The van der Waals surface area contributed by atoms with Crippen LogP contribution in [0.2, 0.25) is 0 Å². The number of likely N-dealkylation sites (tertiary alicyclic amines) is 1. The summed E-state index contributed by atoms with van der Waals surface area (Å²) < 4.78 is 10.8. The third-order valence-corrected chi connectivity index (χ3v) is 4.51. The third-order valence-electron chi connectivity index (χ3n) is 4.51. The van der Waals surface area contributed by atoms with Gasteiger partial charge in [0, 0.05) is 30.7 Å². The second-order valence-electron chi connectivity index (χ2n) is 6.20. The van der Waals surface area contributed by atoms with Gasteiger partial charge in [0.2, 0.25) is 0 Å². The van der Waals surface area contributed by atoms with Gasteiger partial charge in [0.25, 0.3) is 0 Å². The molecule has 4 nitrogen and oxygen atoms in total. The van der Waals surface area contributed by atoms with E-state index in [4.69, 9.17) is 15.2 Å². The number of ether oxygens (including phenoxy) is 2. The summed E-state index contributed by atoms with van der Waals surface area (Å²) in [4.78, 5) is 2.50. The Balaban J connectivity index is 2.13. The number of piperidine rings is 1. The van der Waals surface area contributed by atoms with Crippen LogP contribution in [0.5, 0.6) is 11.5 Å². The van der Waals surface area contributed by atoms with Crippen LogP contribution < -0.4 is 15.2 Å². The molecule has 1 aliphatic heterocycles. The van der Waals surface area contributed by atoms with Crippen LogP contribution in [0.1, 0.15) is 38.3 Å². The number of benzene rings is 1. The highest BCUT2D eigenvalue weighted by molar-refractivity contribution is 5.42. The van der Waals surface area contributed by atoms with Crippen molar-refractivity contribution >= 4 is 0 Å². The van der Waals surface area contributed by atoms with Gasteiger partial charge in [-0.15, -0.1) is 0 Å². The molecule has 0 saturated carbocycles. The van der Waals surface area contributed by atoms with Crippen molar-refractivity contribution in [2.24, 2.45) is 11.7 Å². The molecule has 3 unspecified atom stereocenters. The SMILES string of the molecule is COc1ccc(OC)c(C(N)CN2CC(C)CCC2C)c1. The van der Waals surface area contributed by atoms with Gasteiger partial charge in [-0.1, -0.05) is 6.92 Å². The van der Waals surface area contributed by atoms with Crippen molar-refractivity contribution in [1.82, 2.24) is 4.90 Å². The van der Waals surface area contributed by atoms with Gasteiger partial charge in [-0.25, -0.2) is 0 Å². The highest BCUT2D eigenvalue weighted by Crippen LogP contribution is 2.30. The molecular formula is C17H28N2O2. The molecule has 0 aliphatic carbocycles. The number of rotatable bonds is 5. The van der Waals surface area contributed by atoms with Crippen LogP contribution in [-0.4, -0.2) is 38.3 Å². The number of methoxy groups -OCH3 is 2. The van der Waals surface area contributed by atoms with Gasteiger partial charge in [-0.2, -0.15) is 0 Å². The molecule has 1 aromatic carbocycles. The van der Waals surface area contributed by atoms with E-state index in [1.165, 1.54) is 12.8 Å². The summed E-state index contributed by atoms with van der Waals surface area (Å²) in [5, 5.41) is 0. The first kappa shape index (κ1) is 16.1. The van der Waals surface area contributed by atoms with E-state index in [1.54, 1.807) is 14.2 Å². The molecule has 2 rings (SSSR count). The molecule has 0 bridgehead atoms. The Morgan fingerprint density at radius 2 is 2.00 bits per heavy atom. The van der Waals surface area contributed by atoms with Crippen LogP contribution in [0.15, 0.2) is 18.2 Å². The average molecular weight is 292 g/mol. The fraction of sp³-hybridized carbons (Fsp3) is 0.647. The molecule has 118 valence electrons. The van der Waals surface area contributed by atoms with Crippen LogP contribution in [0.25, 0.3) is 0 Å². The lowest BCUT2D eigenvalue weighted by Gasteiger charge is -2.38. The molecule has 0 spiro atoms. The lowest BCUT2D eigenvalue weighted by Crippen LogP contribution is -2.44. The summed E-state index contributed by atoms with van der Waals surface area (Å²) in [6, 6.07) is 6.35. The smallest absolute Gasteiger partial charge is 0.123 e. The van der Waals surface area contributed by atoms with Gasteiger partial charge >= 0.3 is 0 Å². The largest absolute Gasteiger partial charge is 0.497 e. The molecule has 0 amide bonds. The Morgan fingerprint density at radius 1 is 1.24 bits per heavy atom. The van der Waals surface area contributed by atoms with Gasteiger partial charge in [0.1, 0.15) is 11.5 Å². The summed E-state index contributed by atoms with van der Waals surface area (Å²) in [6.45, 7) is 6.59. The molecule has 4 heteroatoms. The molecule has 21 heavy (non-hydrogen) atoms. The van der Waals surface area contributed by atoms with E-state index in [2.05, 4.69) is 18.7 Å². The van der Waals surface area contributed by atoms with Crippen molar-refractivity contribution in [3.8, 4) is 11.5 Å². The molecule has 0 radical (unpaired) electrons. The van der Waals surface area contributed by atoms with Crippen molar-refractivity contribution in [2.45, 2.75) is 38.8 Å². The summed E-state index contributed by atoms with van der Waals surface area (Å²) in [5.41, 5.74) is 7.47. The summed E-state index contributed by atoms with van der Waals surface area (Å²) in [7, 11) is 3.36. The van der Waals surface area contributed by atoms with Crippen molar-refractivity contribution in [3.63, 3.8) is 0 Å². The number of nitrogens with two attached hydrogens (primary N) is 1. The zero-order valence-corrected chi connectivity index (χ0v) is 13.6. The molecule has 2 N–H and O–H groups in total. The van der Waals surface area contributed by atoms with E-state index in [0.29, 0.717) is 6.04 Å². The van der Waals surface area contributed by atoms with Gasteiger partial charge in [0.15, 0.2) is 0 Å². The molecule has 1 saturated heterocycles. The maximum absolute atomic E-state index is 6.46. The number of nitrogens with zero attached hydrogens (tertiary/aromatic N) is 1. The molecule has 1 heterocycles. The molecule has 1 aromatic rings. The van der Waals surface area contributed by atoms with Crippen molar-refractivity contribution in [1.29, 1.82) is 0 Å². The zero-order chi connectivity index (χ0) is 15.4. The van der Waals surface area contributed by atoms with Crippen LogP contribution in [0, 0.1) is 5.92 Å². The first-order valence-corrected chi connectivity index (χ1v) is 7.76. The van der Waals surface area contributed by atoms with Gasteiger partial charge in [0.05, 0.1) is 14.2 Å². The second kappa shape index (κ2) is 7.14.